The second kappa shape index (κ2) is 10.3. The fourth-order valence-corrected chi connectivity index (χ4v) is 3.52. The molecule has 0 radical (unpaired) electrons. The topological polar surface area (TPSA) is 83.8 Å². The van der Waals surface area contributed by atoms with Crippen molar-refractivity contribution < 1.29 is 22.8 Å². The summed E-state index contributed by atoms with van der Waals surface area (Å²) in [4.78, 5) is -0.182. The van der Waals surface area contributed by atoms with E-state index in [4.69, 9.17) is 4.74 Å². The lowest BCUT2D eigenvalue weighted by molar-refractivity contribution is 0.452. The molecule has 0 aromatic heterocycles. The molecule has 0 fully saturated rings. The molecule has 0 aliphatic rings. The van der Waals surface area contributed by atoms with Gasteiger partial charge in [0.2, 0.25) is 0 Å². The van der Waals surface area contributed by atoms with Gasteiger partial charge in [0.25, 0.3) is 10.1 Å². The number of aromatic hydroxyl groups is 1. The molecule has 148 valence electrons. The number of rotatable bonds is 11. The maximum atomic E-state index is 11.6. The highest BCUT2D eigenvalue weighted by molar-refractivity contribution is 7.85. The molecule has 0 aliphatic carbocycles. The number of phenols is 1. The molecule has 2 rings (SSSR count). The van der Waals surface area contributed by atoms with E-state index < -0.39 is 10.1 Å². The third kappa shape index (κ3) is 7.61. The largest absolute Gasteiger partial charge is 0.508 e. The van der Waals surface area contributed by atoms with Crippen LogP contribution in [0.15, 0.2) is 47.4 Å². The first kappa shape index (κ1) is 21.3. The van der Waals surface area contributed by atoms with Crippen LogP contribution in [0.2, 0.25) is 0 Å². The second-order valence-corrected chi connectivity index (χ2v) is 8.18. The lowest BCUT2D eigenvalue weighted by atomic mass is 10.0. The van der Waals surface area contributed by atoms with Crippen molar-refractivity contribution in [2.45, 2.75) is 63.2 Å². The monoisotopic (exact) mass is 392 g/mol. The van der Waals surface area contributed by atoms with E-state index in [1.807, 2.05) is 0 Å². The van der Waals surface area contributed by atoms with Gasteiger partial charge in [-0.05, 0) is 42.7 Å². The molecule has 0 saturated carbocycles. The van der Waals surface area contributed by atoms with Crippen LogP contribution in [0.5, 0.6) is 17.2 Å². The molecule has 0 saturated heterocycles. The molecular formula is C21H28O5S. The van der Waals surface area contributed by atoms with Crippen LogP contribution in [0.1, 0.15) is 57.4 Å². The zero-order valence-electron chi connectivity index (χ0n) is 15.7. The molecule has 0 atom stereocenters. The summed E-state index contributed by atoms with van der Waals surface area (Å²) in [5.74, 6) is 0.764. The Bertz CT molecular complexity index is 830. The summed E-state index contributed by atoms with van der Waals surface area (Å²) in [6, 6.07) is 10.8. The van der Waals surface area contributed by atoms with Crippen LogP contribution in [-0.2, 0) is 16.5 Å². The second-order valence-electron chi connectivity index (χ2n) is 6.76. The van der Waals surface area contributed by atoms with Crippen LogP contribution < -0.4 is 4.74 Å². The van der Waals surface area contributed by atoms with Gasteiger partial charge in [-0.15, -0.1) is 0 Å². The predicted molar refractivity (Wildman–Crippen MR) is 106 cm³/mol. The molecule has 0 amide bonds. The van der Waals surface area contributed by atoms with Gasteiger partial charge >= 0.3 is 0 Å². The average molecular weight is 393 g/mol. The van der Waals surface area contributed by atoms with Crippen LogP contribution >= 0.6 is 0 Å². The quantitative estimate of drug-likeness (QED) is 0.377. The van der Waals surface area contributed by atoms with Crippen molar-refractivity contribution in [3.63, 3.8) is 0 Å². The van der Waals surface area contributed by atoms with Gasteiger partial charge in [0.1, 0.15) is 17.2 Å². The van der Waals surface area contributed by atoms with Crippen molar-refractivity contribution in [2.75, 3.05) is 0 Å². The molecule has 0 unspecified atom stereocenters. The Hall–Kier alpha value is -2.05. The molecule has 0 bridgehead atoms. The molecule has 0 aliphatic heterocycles. The Morgan fingerprint density at radius 3 is 2.26 bits per heavy atom. The molecule has 2 aromatic rings. The van der Waals surface area contributed by atoms with Gasteiger partial charge in [-0.25, -0.2) is 0 Å². The molecular weight excluding hydrogens is 364 g/mol. The number of benzene rings is 2. The lowest BCUT2D eigenvalue weighted by Crippen LogP contribution is -2.00. The van der Waals surface area contributed by atoms with Gasteiger partial charge in [-0.3, -0.25) is 4.55 Å². The average Bonchev–Trinajstić information content (AvgIpc) is 2.60. The zero-order chi connectivity index (χ0) is 19.7. The lowest BCUT2D eigenvalue weighted by Gasteiger charge is -2.10. The smallest absolute Gasteiger partial charge is 0.294 e. The van der Waals surface area contributed by atoms with Crippen molar-refractivity contribution >= 4 is 10.1 Å². The van der Waals surface area contributed by atoms with Crippen molar-refractivity contribution in [1.82, 2.24) is 0 Å². The van der Waals surface area contributed by atoms with Crippen LogP contribution in [-0.4, -0.2) is 18.1 Å². The molecule has 0 spiro atoms. The maximum absolute atomic E-state index is 11.6. The number of phenolic OH excluding ortho intramolecular Hbond substituents is 1. The van der Waals surface area contributed by atoms with Crippen LogP contribution in [0.25, 0.3) is 0 Å². The summed E-state index contributed by atoms with van der Waals surface area (Å²) in [6.07, 6.45) is 8.91. The van der Waals surface area contributed by atoms with Crippen molar-refractivity contribution in [2.24, 2.45) is 0 Å². The van der Waals surface area contributed by atoms with Gasteiger partial charge in [0, 0.05) is 12.1 Å². The highest BCUT2D eigenvalue weighted by Crippen LogP contribution is 2.28. The van der Waals surface area contributed by atoms with Gasteiger partial charge in [0.05, 0.1) is 4.90 Å². The van der Waals surface area contributed by atoms with E-state index in [0.29, 0.717) is 17.9 Å². The van der Waals surface area contributed by atoms with Crippen molar-refractivity contribution in [1.29, 1.82) is 0 Å². The van der Waals surface area contributed by atoms with Gasteiger partial charge in [-0.1, -0.05) is 51.5 Å². The fourth-order valence-electron chi connectivity index (χ4n) is 2.95. The minimum absolute atomic E-state index is 0.0572. The standard InChI is InChI=1S/C21H28O5S/c1-2-3-4-5-6-7-8-10-17-13-20(16-21(14-17)27(23,24)25)26-19-12-9-11-18(22)15-19/h9,11-16,22H,2-8,10H2,1H3,(H,23,24,25). The van der Waals surface area contributed by atoms with Gasteiger partial charge in [-0.2, -0.15) is 8.42 Å². The Morgan fingerprint density at radius 2 is 1.59 bits per heavy atom. The van der Waals surface area contributed by atoms with E-state index >= 15 is 0 Å². The molecule has 2 aromatic carbocycles. The van der Waals surface area contributed by atoms with Crippen molar-refractivity contribution in [3.8, 4) is 17.2 Å². The van der Waals surface area contributed by atoms with E-state index in [0.717, 1.165) is 18.4 Å². The number of ether oxygens (including phenoxy) is 1. The summed E-state index contributed by atoms with van der Waals surface area (Å²) in [7, 11) is -4.32. The van der Waals surface area contributed by atoms with E-state index in [2.05, 4.69) is 6.92 Å². The van der Waals surface area contributed by atoms with Gasteiger partial charge in [0.15, 0.2) is 0 Å². The molecule has 6 heteroatoms. The normalized spacial score (nSPS) is 11.5. The molecule has 27 heavy (non-hydrogen) atoms. The first-order chi connectivity index (χ1) is 12.9. The number of unbranched alkanes of at least 4 members (excludes halogenated alkanes) is 6. The summed E-state index contributed by atoms with van der Waals surface area (Å²) in [5, 5.41) is 9.53. The number of aryl methyl sites for hydroxylation is 1. The minimum Gasteiger partial charge on any atom is -0.508 e. The number of hydrogen-bond acceptors (Lipinski definition) is 4. The third-order valence-corrected chi connectivity index (χ3v) is 5.19. The fraction of sp³-hybridized carbons (Fsp3) is 0.429. The zero-order valence-corrected chi connectivity index (χ0v) is 16.5. The Kier molecular flexibility index (Phi) is 8.13. The highest BCUT2D eigenvalue weighted by atomic mass is 32.2. The SMILES string of the molecule is CCCCCCCCCc1cc(Oc2cccc(O)c2)cc(S(=O)(=O)O)c1. The van der Waals surface area contributed by atoms with Crippen LogP contribution in [0.3, 0.4) is 0 Å². The Labute approximate surface area is 161 Å². The molecule has 2 N–H and O–H groups in total. The third-order valence-electron chi connectivity index (χ3n) is 4.36. The maximum Gasteiger partial charge on any atom is 0.294 e. The van der Waals surface area contributed by atoms with Crippen LogP contribution in [0.4, 0.5) is 0 Å². The van der Waals surface area contributed by atoms with E-state index in [9.17, 15) is 18.1 Å². The van der Waals surface area contributed by atoms with Gasteiger partial charge < -0.3 is 9.84 Å². The molecule has 0 heterocycles. The minimum atomic E-state index is -4.32. The summed E-state index contributed by atoms with van der Waals surface area (Å²) >= 11 is 0. The van der Waals surface area contributed by atoms with E-state index in [1.54, 1.807) is 18.2 Å². The summed E-state index contributed by atoms with van der Waals surface area (Å²) in [5.41, 5.74) is 0.800. The summed E-state index contributed by atoms with van der Waals surface area (Å²) in [6.45, 7) is 2.19. The van der Waals surface area contributed by atoms with E-state index in [-0.39, 0.29) is 10.6 Å². The Balaban J connectivity index is 2.05. The highest BCUT2D eigenvalue weighted by Gasteiger charge is 2.13. The first-order valence-electron chi connectivity index (χ1n) is 9.47. The predicted octanol–water partition coefficient (Wildman–Crippen LogP) is 5.72. The molecule has 5 nitrogen and oxygen atoms in total. The van der Waals surface area contributed by atoms with Crippen LogP contribution in [0, 0.1) is 0 Å². The van der Waals surface area contributed by atoms with Crippen molar-refractivity contribution in [3.05, 3.63) is 48.0 Å². The first-order valence-corrected chi connectivity index (χ1v) is 10.9. The Morgan fingerprint density at radius 1 is 0.889 bits per heavy atom. The summed E-state index contributed by atoms with van der Waals surface area (Å²) < 4.78 is 38.2. The van der Waals surface area contributed by atoms with E-state index in [1.165, 1.54) is 56.4 Å². The number of hydrogen-bond donors (Lipinski definition) is 2.